The van der Waals surface area contributed by atoms with Crippen molar-refractivity contribution in [2.75, 3.05) is 43.5 Å². The van der Waals surface area contributed by atoms with Crippen LogP contribution in [-0.4, -0.2) is 49.6 Å². The van der Waals surface area contributed by atoms with Gasteiger partial charge in [0.1, 0.15) is 0 Å². The summed E-state index contributed by atoms with van der Waals surface area (Å²) in [4.78, 5) is 26.4. The first-order valence-corrected chi connectivity index (χ1v) is 9.11. The third kappa shape index (κ3) is 4.86. The van der Waals surface area contributed by atoms with Gasteiger partial charge in [0, 0.05) is 30.0 Å². The third-order valence-corrected chi connectivity index (χ3v) is 4.76. The fourth-order valence-corrected chi connectivity index (χ4v) is 2.94. The maximum Gasteiger partial charge on any atom is 0.254 e. The molecule has 1 aliphatic heterocycles. The number of benzene rings is 2. The highest BCUT2D eigenvalue weighted by Crippen LogP contribution is 2.18. The van der Waals surface area contributed by atoms with E-state index in [1.165, 1.54) is 0 Å². The van der Waals surface area contributed by atoms with E-state index in [-0.39, 0.29) is 18.4 Å². The summed E-state index contributed by atoms with van der Waals surface area (Å²) in [5.74, 6) is -0.102. The second-order valence-corrected chi connectivity index (χ2v) is 6.63. The Morgan fingerprint density at radius 3 is 2.44 bits per heavy atom. The first-order valence-electron chi connectivity index (χ1n) is 9.11. The molecule has 2 aromatic carbocycles. The molecule has 0 aromatic heterocycles. The minimum Gasteiger partial charge on any atom is -0.378 e. The lowest BCUT2D eigenvalue weighted by Gasteiger charge is -2.26. The van der Waals surface area contributed by atoms with Crippen LogP contribution < -0.4 is 10.6 Å². The predicted molar refractivity (Wildman–Crippen MR) is 106 cm³/mol. The van der Waals surface area contributed by atoms with Crippen molar-refractivity contribution in [2.45, 2.75) is 13.8 Å². The molecule has 1 fully saturated rings. The van der Waals surface area contributed by atoms with Gasteiger partial charge in [-0.1, -0.05) is 12.1 Å². The van der Waals surface area contributed by atoms with E-state index in [0.717, 1.165) is 22.5 Å². The molecule has 1 heterocycles. The van der Waals surface area contributed by atoms with Gasteiger partial charge in [-0.05, 0) is 55.3 Å². The van der Waals surface area contributed by atoms with Crippen LogP contribution in [0.5, 0.6) is 0 Å². The summed E-state index contributed by atoms with van der Waals surface area (Å²) in [7, 11) is 0. The summed E-state index contributed by atoms with van der Waals surface area (Å²) in [6, 6.07) is 13.0. The number of aryl methyl sites for hydroxylation is 1. The van der Waals surface area contributed by atoms with E-state index in [1.54, 1.807) is 17.0 Å². The van der Waals surface area contributed by atoms with Crippen molar-refractivity contribution >= 4 is 23.2 Å². The second-order valence-electron chi connectivity index (χ2n) is 6.63. The van der Waals surface area contributed by atoms with Crippen LogP contribution in [0.25, 0.3) is 0 Å². The zero-order chi connectivity index (χ0) is 19.2. The lowest BCUT2D eigenvalue weighted by molar-refractivity contribution is -0.114. The maximum atomic E-state index is 12.4. The maximum absolute atomic E-state index is 12.4. The van der Waals surface area contributed by atoms with Crippen LogP contribution in [0, 0.1) is 13.8 Å². The van der Waals surface area contributed by atoms with E-state index in [2.05, 4.69) is 10.6 Å². The van der Waals surface area contributed by atoms with E-state index in [9.17, 15) is 9.59 Å². The largest absolute Gasteiger partial charge is 0.378 e. The van der Waals surface area contributed by atoms with Crippen LogP contribution in [0.3, 0.4) is 0 Å². The van der Waals surface area contributed by atoms with Gasteiger partial charge < -0.3 is 20.3 Å². The van der Waals surface area contributed by atoms with E-state index in [4.69, 9.17) is 4.74 Å². The quantitative estimate of drug-likeness (QED) is 0.853. The van der Waals surface area contributed by atoms with Crippen molar-refractivity contribution in [1.29, 1.82) is 0 Å². The highest BCUT2D eigenvalue weighted by molar-refractivity contribution is 5.95. The smallest absolute Gasteiger partial charge is 0.254 e. The summed E-state index contributed by atoms with van der Waals surface area (Å²) in [5, 5.41) is 6.01. The molecule has 0 radical (unpaired) electrons. The molecular weight excluding hydrogens is 342 g/mol. The molecule has 1 saturated heterocycles. The number of morpholine rings is 1. The fourth-order valence-electron chi connectivity index (χ4n) is 2.94. The number of carbonyl (C=O) groups excluding carboxylic acids is 2. The molecule has 0 atom stereocenters. The molecule has 0 unspecified atom stereocenters. The minimum absolute atomic E-state index is 0.0116. The van der Waals surface area contributed by atoms with Gasteiger partial charge in [-0.25, -0.2) is 0 Å². The molecule has 0 bridgehead atoms. The lowest BCUT2D eigenvalue weighted by atomic mass is 10.1. The number of hydrogen-bond donors (Lipinski definition) is 2. The molecule has 27 heavy (non-hydrogen) atoms. The molecule has 6 heteroatoms. The Bertz CT molecular complexity index is 812. The van der Waals surface area contributed by atoms with E-state index >= 15 is 0 Å². The zero-order valence-electron chi connectivity index (χ0n) is 15.7. The van der Waals surface area contributed by atoms with Crippen molar-refractivity contribution in [1.82, 2.24) is 4.90 Å². The van der Waals surface area contributed by atoms with Gasteiger partial charge in [0.25, 0.3) is 5.91 Å². The van der Waals surface area contributed by atoms with Crippen molar-refractivity contribution in [3.63, 3.8) is 0 Å². The standard InChI is InChI=1S/C21H25N3O3/c1-15-4-3-5-19(16(15)2)23-20(25)14-22-18-8-6-17(7-9-18)21(26)24-10-12-27-13-11-24/h3-9,22H,10-14H2,1-2H3,(H,23,25). The first-order chi connectivity index (χ1) is 13.0. The molecule has 2 N–H and O–H groups in total. The second kappa shape index (κ2) is 8.68. The van der Waals surface area contributed by atoms with Crippen molar-refractivity contribution in [3.8, 4) is 0 Å². The average molecular weight is 367 g/mol. The number of hydrogen-bond acceptors (Lipinski definition) is 4. The summed E-state index contributed by atoms with van der Waals surface area (Å²) in [5.41, 5.74) is 4.47. The Hall–Kier alpha value is -2.86. The van der Waals surface area contributed by atoms with Crippen molar-refractivity contribution in [2.24, 2.45) is 0 Å². The number of carbonyl (C=O) groups is 2. The molecule has 3 rings (SSSR count). The number of ether oxygens (including phenoxy) is 1. The van der Waals surface area contributed by atoms with Crippen LogP contribution in [0.2, 0.25) is 0 Å². The summed E-state index contributed by atoms with van der Waals surface area (Å²) < 4.78 is 5.27. The van der Waals surface area contributed by atoms with Gasteiger partial charge in [0.05, 0.1) is 19.8 Å². The number of rotatable bonds is 5. The number of nitrogens with one attached hydrogen (secondary N) is 2. The van der Waals surface area contributed by atoms with Crippen LogP contribution in [0.1, 0.15) is 21.5 Å². The molecule has 0 aliphatic carbocycles. The molecule has 142 valence electrons. The van der Waals surface area contributed by atoms with E-state index < -0.39 is 0 Å². The summed E-state index contributed by atoms with van der Waals surface area (Å²) in [6.07, 6.45) is 0. The first kappa shape index (κ1) is 18.9. The fraction of sp³-hybridized carbons (Fsp3) is 0.333. The van der Waals surface area contributed by atoms with Crippen LogP contribution in [0.15, 0.2) is 42.5 Å². The van der Waals surface area contributed by atoms with E-state index in [0.29, 0.717) is 31.9 Å². The van der Waals surface area contributed by atoms with Crippen molar-refractivity contribution in [3.05, 3.63) is 59.2 Å². The van der Waals surface area contributed by atoms with Crippen molar-refractivity contribution < 1.29 is 14.3 Å². The molecule has 2 aromatic rings. The highest BCUT2D eigenvalue weighted by Gasteiger charge is 2.18. The minimum atomic E-state index is -0.114. The van der Waals surface area contributed by atoms with Gasteiger partial charge in [-0.15, -0.1) is 0 Å². The van der Waals surface area contributed by atoms with Gasteiger partial charge in [0.15, 0.2) is 0 Å². The zero-order valence-corrected chi connectivity index (χ0v) is 15.7. The van der Waals surface area contributed by atoms with Gasteiger partial charge in [0.2, 0.25) is 5.91 Å². The number of amides is 2. The van der Waals surface area contributed by atoms with E-state index in [1.807, 2.05) is 44.2 Å². The summed E-state index contributed by atoms with van der Waals surface area (Å²) in [6.45, 7) is 6.58. The van der Waals surface area contributed by atoms with Crippen LogP contribution >= 0.6 is 0 Å². The third-order valence-electron chi connectivity index (χ3n) is 4.76. The van der Waals surface area contributed by atoms with Gasteiger partial charge >= 0.3 is 0 Å². The predicted octanol–water partition coefficient (Wildman–Crippen LogP) is 2.83. The Labute approximate surface area is 159 Å². The number of nitrogens with zero attached hydrogens (tertiary/aromatic N) is 1. The van der Waals surface area contributed by atoms with Crippen LogP contribution in [-0.2, 0) is 9.53 Å². The lowest BCUT2D eigenvalue weighted by Crippen LogP contribution is -2.40. The molecule has 1 aliphatic rings. The molecule has 0 spiro atoms. The molecule has 6 nitrogen and oxygen atoms in total. The van der Waals surface area contributed by atoms with Crippen LogP contribution in [0.4, 0.5) is 11.4 Å². The topological polar surface area (TPSA) is 70.7 Å². The van der Waals surface area contributed by atoms with Gasteiger partial charge in [-0.2, -0.15) is 0 Å². The SMILES string of the molecule is Cc1cccc(NC(=O)CNc2ccc(C(=O)N3CCOCC3)cc2)c1C. The molecule has 0 saturated carbocycles. The van der Waals surface area contributed by atoms with Gasteiger partial charge in [-0.3, -0.25) is 9.59 Å². The summed E-state index contributed by atoms with van der Waals surface area (Å²) >= 11 is 0. The normalized spacial score (nSPS) is 13.9. The number of anilines is 2. The Kier molecular flexibility index (Phi) is 6.08. The molecule has 2 amide bonds. The monoisotopic (exact) mass is 367 g/mol. The Morgan fingerprint density at radius 2 is 1.74 bits per heavy atom. The Balaban J connectivity index is 1.53. The highest BCUT2D eigenvalue weighted by atomic mass is 16.5. The average Bonchev–Trinajstić information content (AvgIpc) is 2.70. The molecular formula is C21H25N3O3. The Morgan fingerprint density at radius 1 is 1.04 bits per heavy atom.